The molecule has 1 amide bonds. The molecule has 0 bridgehead atoms. The number of nitrogens with zero attached hydrogens (tertiary/aromatic N) is 3. The molecule has 172 valence electrons. The van der Waals surface area contributed by atoms with E-state index >= 15 is 0 Å². The number of aromatic nitrogens is 2. The Hall–Kier alpha value is -3.81. The fourth-order valence-electron chi connectivity index (χ4n) is 4.22. The number of rotatable bonds is 7. The van der Waals surface area contributed by atoms with Crippen LogP contribution in [-0.2, 0) is 11.2 Å². The van der Waals surface area contributed by atoms with Crippen molar-refractivity contribution in [1.82, 2.24) is 14.7 Å². The Morgan fingerprint density at radius 2 is 1.88 bits per heavy atom. The molecule has 0 saturated carbocycles. The summed E-state index contributed by atoms with van der Waals surface area (Å²) in [6, 6.07) is 13.1. The Morgan fingerprint density at radius 1 is 1.12 bits per heavy atom. The van der Waals surface area contributed by atoms with Gasteiger partial charge in [0.05, 0.1) is 38.1 Å². The van der Waals surface area contributed by atoms with Gasteiger partial charge in [-0.05, 0) is 43.7 Å². The molecule has 2 N–H and O–H groups in total. The number of carbonyl (C=O) groups is 2. The fraction of sp³-hybridized carbons (Fsp3) is 0.320. The standard InChI is InChI=1S/C25H28N4O4/c1-16-4-9-22(33-3)18(12-16)13-23(30)28-11-10-17(15-28)24(31)21-14-27-29(25(21)26)19-5-7-20(32-2)8-6-19/h4-9,12,14,17H,10-11,13,15,26H2,1-3H3. The Kier molecular flexibility index (Phi) is 6.35. The lowest BCUT2D eigenvalue weighted by Gasteiger charge is -2.17. The van der Waals surface area contributed by atoms with Crippen molar-refractivity contribution in [1.29, 1.82) is 0 Å². The molecule has 2 aromatic carbocycles. The van der Waals surface area contributed by atoms with Crippen LogP contribution in [0.5, 0.6) is 11.5 Å². The van der Waals surface area contributed by atoms with E-state index in [2.05, 4.69) is 5.10 Å². The number of nitrogen functional groups attached to an aromatic ring is 1. The SMILES string of the molecule is COc1ccc(-n2ncc(C(=O)C3CCN(C(=O)Cc4cc(C)ccc4OC)C3)c2N)cc1. The highest BCUT2D eigenvalue weighted by atomic mass is 16.5. The first-order valence-electron chi connectivity index (χ1n) is 10.8. The van der Waals surface area contributed by atoms with E-state index in [0.29, 0.717) is 36.6 Å². The van der Waals surface area contributed by atoms with E-state index in [9.17, 15) is 9.59 Å². The molecule has 8 nitrogen and oxygen atoms in total. The van der Waals surface area contributed by atoms with Gasteiger partial charge in [0.1, 0.15) is 17.3 Å². The summed E-state index contributed by atoms with van der Waals surface area (Å²) in [6.07, 6.45) is 2.34. The molecule has 0 spiro atoms. The number of hydrogen-bond donors (Lipinski definition) is 1. The molecule has 1 aromatic heterocycles. The molecule has 4 rings (SSSR count). The van der Waals surface area contributed by atoms with E-state index in [4.69, 9.17) is 15.2 Å². The van der Waals surface area contributed by atoms with Crippen LogP contribution in [0.25, 0.3) is 5.69 Å². The van der Waals surface area contributed by atoms with E-state index in [1.807, 2.05) is 49.4 Å². The zero-order chi connectivity index (χ0) is 23.5. The van der Waals surface area contributed by atoms with Gasteiger partial charge < -0.3 is 20.1 Å². The molecule has 1 saturated heterocycles. The van der Waals surface area contributed by atoms with Crippen LogP contribution in [0, 0.1) is 12.8 Å². The number of anilines is 1. The van der Waals surface area contributed by atoms with Crippen LogP contribution in [0.3, 0.4) is 0 Å². The normalized spacial score (nSPS) is 15.5. The Morgan fingerprint density at radius 3 is 2.58 bits per heavy atom. The number of aryl methyl sites for hydroxylation is 1. The maximum absolute atomic E-state index is 13.2. The maximum Gasteiger partial charge on any atom is 0.227 e. The number of benzene rings is 2. The van der Waals surface area contributed by atoms with Gasteiger partial charge in [-0.2, -0.15) is 5.10 Å². The van der Waals surface area contributed by atoms with Crippen molar-refractivity contribution in [3.05, 3.63) is 65.4 Å². The minimum atomic E-state index is -0.302. The molecule has 8 heteroatoms. The first-order valence-corrected chi connectivity index (χ1v) is 10.8. The second-order valence-corrected chi connectivity index (χ2v) is 8.23. The van der Waals surface area contributed by atoms with Crippen molar-refractivity contribution in [3.63, 3.8) is 0 Å². The van der Waals surface area contributed by atoms with Gasteiger partial charge in [0, 0.05) is 24.6 Å². The number of nitrogens with two attached hydrogens (primary N) is 1. The quantitative estimate of drug-likeness (QED) is 0.558. The Bertz CT molecular complexity index is 1170. The summed E-state index contributed by atoms with van der Waals surface area (Å²) < 4.78 is 12.1. The molecule has 1 aliphatic rings. The second kappa shape index (κ2) is 9.36. The molecule has 1 atom stereocenters. The zero-order valence-corrected chi connectivity index (χ0v) is 19.1. The first kappa shape index (κ1) is 22.4. The third-order valence-corrected chi connectivity index (χ3v) is 6.08. The number of likely N-dealkylation sites (tertiary alicyclic amines) is 1. The first-order chi connectivity index (χ1) is 15.9. The number of carbonyl (C=O) groups excluding carboxylic acids is 2. The van der Waals surface area contributed by atoms with E-state index < -0.39 is 0 Å². The van der Waals surface area contributed by atoms with Crippen LogP contribution < -0.4 is 15.2 Å². The van der Waals surface area contributed by atoms with Gasteiger partial charge in [0.2, 0.25) is 5.91 Å². The largest absolute Gasteiger partial charge is 0.497 e. The zero-order valence-electron chi connectivity index (χ0n) is 19.1. The average Bonchev–Trinajstić information content (AvgIpc) is 3.46. The minimum absolute atomic E-state index is 0.0175. The summed E-state index contributed by atoms with van der Waals surface area (Å²) in [5, 5.41) is 4.31. The summed E-state index contributed by atoms with van der Waals surface area (Å²) in [6.45, 7) is 2.89. The lowest BCUT2D eigenvalue weighted by atomic mass is 9.98. The monoisotopic (exact) mass is 448 g/mol. The molecule has 1 fully saturated rings. The van der Waals surface area contributed by atoms with Crippen LogP contribution in [-0.4, -0.2) is 53.7 Å². The predicted molar refractivity (Wildman–Crippen MR) is 125 cm³/mol. The number of Topliss-reactive ketones (excluding diaryl/α,β-unsaturated/α-hetero) is 1. The molecule has 1 unspecified atom stereocenters. The number of methoxy groups -OCH3 is 2. The van der Waals surface area contributed by atoms with E-state index in [-0.39, 0.29) is 24.0 Å². The van der Waals surface area contributed by atoms with Crippen molar-refractivity contribution in [2.45, 2.75) is 19.8 Å². The molecule has 0 aliphatic carbocycles. The summed E-state index contributed by atoms with van der Waals surface area (Å²) in [4.78, 5) is 27.8. The van der Waals surface area contributed by atoms with Crippen LogP contribution in [0.2, 0.25) is 0 Å². The van der Waals surface area contributed by atoms with Gasteiger partial charge in [0.25, 0.3) is 0 Å². The van der Waals surface area contributed by atoms with Crippen LogP contribution in [0.4, 0.5) is 5.82 Å². The molecular weight excluding hydrogens is 420 g/mol. The van der Waals surface area contributed by atoms with Crippen molar-refractivity contribution >= 4 is 17.5 Å². The van der Waals surface area contributed by atoms with Crippen molar-refractivity contribution < 1.29 is 19.1 Å². The summed E-state index contributed by atoms with van der Waals surface area (Å²) >= 11 is 0. The topological polar surface area (TPSA) is 99.7 Å². The lowest BCUT2D eigenvalue weighted by molar-refractivity contribution is -0.129. The minimum Gasteiger partial charge on any atom is -0.497 e. The fourth-order valence-corrected chi connectivity index (χ4v) is 4.22. The molecule has 3 aromatic rings. The molecule has 0 radical (unpaired) electrons. The summed E-state index contributed by atoms with van der Waals surface area (Å²) in [5.74, 6) is 1.30. The molecular formula is C25H28N4O4. The van der Waals surface area contributed by atoms with E-state index in [1.54, 1.807) is 19.1 Å². The smallest absolute Gasteiger partial charge is 0.227 e. The number of hydrogen-bond acceptors (Lipinski definition) is 6. The maximum atomic E-state index is 13.2. The highest BCUT2D eigenvalue weighted by Gasteiger charge is 2.33. The molecule has 33 heavy (non-hydrogen) atoms. The molecule has 2 heterocycles. The highest BCUT2D eigenvalue weighted by molar-refractivity contribution is 6.02. The number of amides is 1. The lowest BCUT2D eigenvalue weighted by Crippen LogP contribution is -2.31. The van der Waals surface area contributed by atoms with Crippen LogP contribution >= 0.6 is 0 Å². The highest BCUT2D eigenvalue weighted by Crippen LogP contribution is 2.27. The summed E-state index contributed by atoms with van der Waals surface area (Å²) in [5.41, 5.74) is 9.31. The van der Waals surface area contributed by atoms with Gasteiger partial charge in [0.15, 0.2) is 5.78 Å². The average molecular weight is 449 g/mol. The Labute approximate surface area is 192 Å². The van der Waals surface area contributed by atoms with E-state index in [1.165, 1.54) is 10.9 Å². The van der Waals surface area contributed by atoms with Crippen molar-refractivity contribution in [3.8, 4) is 17.2 Å². The Balaban J connectivity index is 1.44. The second-order valence-electron chi connectivity index (χ2n) is 8.23. The predicted octanol–water partition coefficient (Wildman–Crippen LogP) is 3.05. The van der Waals surface area contributed by atoms with Gasteiger partial charge in [-0.1, -0.05) is 17.7 Å². The van der Waals surface area contributed by atoms with Crippen molar-refractivity contribution in [2.75, 3.05) is 33.0 Å². The summed E-state index contributed by atoms with van der Waals surface area (Å²) in [7, 11) is 3.20. The number of ether oxygens (including phenoxy) is 2. The van der Waals surface area contributed by atoms with Gasteiger partial charge in [-0.3, -0.25) is 9.59 Å². The third-order valence-electron chi connectivity index (χ3n) is 6.08. The van der Waals surface area contributed by atoms with Gasteiger partial charge in [-0.25, -0.2) is 4.68 Å². The van der Waals surface area contributed by atoms with Crippen LogP contribution in [0.15, 0.2) is 48.7 Å². The van der Waals surface area contributed by atoms with Crippen LogP contribution in [0.1, 0.15) is 27.9 Å². The van der Waals surface area contributed by atoms with Crippen molar-refractivity contribution in [2.24, 2.45) is 5.92 Å². The third kappa shape index (κ3) is 4.55. The van der Waals surface area contributed by atoms with E-state index in [0.717, 1.165) is 22.6 Å². The molecule has 1 aliphatic heterocycles. The van der Waals surface area contributed by atoms with Gasteiger partial charge >= 0.3 is 0 Å². The van der Waals surface area contributed by atoms with Gasteiger partial charge in [-0.15, -0.1) is 0 Å². The number of ketones is 1.